The van der Waals surface area contributed by atoms with Crippen LogP contribution >= 0.6 is 22.9 Å². The first-order chi connectivity index (χ1) is 12.2. The number of fused-ring (bicyclic) bond motifs is 1. The van der Waals surface area contributed by atoms with Crippen molar-refractivity contribution >= 4 is 39.7 Å². The number of urea groups is 1. The van der Waals surface area contributed by atoms with E-state index in [1.165, 1.54) is 11.3 Å². The average Bonchev–Trinajstić information content (AvgIpc) is 3.06. The number of nitrogens with one attached hydrogen (secondary N) is 2. The molecule has 0 aliphatic carbocycles. The average molecular weight is 375 g/mol. The van der Waals surface area contributed by atoms with Gasteiger partial charge in [-0.15, -0.1) is 11.3 Å². The normalized spacial score (nSPS) is 12.1. The third-order valence-corrected chi connectivity index (χ3v) is 5.29. The highest BCUT2D eigenvalue weighted by Gasteiger charge is 2.14. The van der Waals surface area contributed by atoms with Gasteiger partial charge in [0.1, 0.15) is 6.10 Å². The van der Waals surface area contributed by atoms with Crippen LogP contribution in [0.25, 0.3) is 10.8 Å². The Bertz CT molecular complexity index is 860. The number of thiophene rings is 1. The van der Waals surface area contributed by atoms with E-state index in [-0.39, 0.29) is 12.1 Å². The lowest BCUT2D eigenvalue weighted by atomic mass is 10.0. The monoisotopic (exact) mass is 374 g/mol. The van der Waals surface area contributed by atoms with E-state index < -0.39 is 0 Å². The number of methoxy groups -OCH3 is 1. The van der Waals surface area contributed by atoms with E-state index in [2.05, 4.69) is 28.8 Å². The van der Waals surface area contributed by atoms with Crippen LogP contribution in [0, 0.1) is 0 Å². The van der Waals surface area contributed by atoms with Crippen LogP contribution < -0.4 is 10.6 Å². The van der Waals surface area contributed by atoms with Gasteiger partial charge in [-0.05, 0) is 28.5 Å². The van der Waals surface area contributed by atoms with Crippen molar-refractivity contribution in [3.63, 3.8) is 0 Å². The molecule has 2 N–H and O–H groups in total. The van der Waals surface area contributed by atoms with Crippen LogP contribution in [0.15, 0.2) is 54.6 Å². The molecule has 3 aromatic rings. The number of carbonyl (C=O) groups is 1. The highest BCUT2D eigenvalue weighted by molar-refractivity contribution is 7.16. The second-order valence-electron chi connectivity index (χ2n) is 5.57. The van der Waals surface area contributed by atoms with Crippen molar-refractivity contribution in [2.45, 2.75) is 12.6 Å². The van der Waals surface area contributed by atoms with E-state index in [1.807, 2.05) is 36.4 Å². The summed E-state index contributed by atoms with van der Waals surface area (Å²) in [6.45, 7) is 0.852. The number of ether oxygens (including phenoxy) is 1. The molecule has 0 aliphatic heterocycles. The molecular formula is C19H19ClN2O2S. The number of rotatable bonds is 6. The van der Waals surface area contributed by atoms with Gasteiger partial charge in [0.2, 0.25) is 0 Å². The van der Waals surface area contributed by atoms with E-state index in [0.717, 1.165) is 21.2 Å². The summed E-state index contributed by atoms with van der Waals surface area (Å²) >= 11 is 7.41. The van der Waals surface area contributed by atoms with E-state index in [0.29, 0.717) is 17.4 Å². The Morgan fingerprint density at radius 3 is 2.68 bits per heavy atom. The van der Waals surface area contributed by atoms with E-state index in [1.54, 1.807) is 7.11 Å². The first kappa shape index (κ1) is 17.7. The largest absolute Gasteiger partial charge is 0.374 e. The first-order valence-corrected chi connectivity index (χ1v) is 9.13. The van der Waals surface area contributed by atoms with Crippen molar-refractivity contribution in [2.24, 2.45) is 0 Å². The molecule has 0 aliphatic rings. The fraction of sp³-hybridized carbons (Fsp3) is 0.211. The topological polar surface area (TPSA) is 50.4 Å². The van der Waals surface area contributed by atoms with Crippen LogP contribution in [-0.2, 0) is 11.3 Å². The molecule has 0 bridgehead atoms. The van der Waals surface area contributed by atoms with E-state index in [9.17, 15) is 4.79 Å². The number of hydrogen-bond donors (Lipinski definition) is 2. The number of hydrogen-bond acceptors (Lipinski definition) is 3. The highest BCUT2D eigenvalue weighted by atomic mass is 35.5. The highest BCUT2D eigenvalue weighted by Crippen LogP contribution is 2.28. The van der Waals surface area contributed by atoms with Gasteiger partial charge in [-0.1, -0.05) is 54.1 Å². The predicted octanol–water partition coefficient (Wildman–Crippen LogP) is 4.74. The van der Waals surface area contributed by atoms with Crippen LogP contribution in [0.5, 0.6) is 0 Å². The van der Waals surface area contributed by atoms with Gasteiger partial charge in [0.05, 0.1) is 10.9 Å². The van der Waals surface area contributed by atoms with Crippen molar-refractivity contribution in [3.05, 3.63) is 69.4 Å². The molecule has 0 fully saturated rings. The molecule has 4 nitrogen and oxygen atoms in total. The van der Waals surface area contributed by atoms with E-state index in [4.69, 9.17) is 16.3 Å². The van der Waals surface area contributed by atoms with Crippen LogP contribution in [-0.4, -0.2) is 19.7 Å². The Morgan fingerprint density at radius 2 is 1.92 bits per heavy atom. The lowest BCUT2D eigenvalue weighted by Gasteiger charge is -2.15. The molecule has 1 unspecified atom stereocenters. The molecule has 2 amide bonds. The van der Waals surface area contributed by atoms with Crippen molar-refractivity contribution in [3.8, 4) is 0 Å². The zero-order valence-electron chi connectivity index (χ0n) is 13.8. The van der Waals surface area contributed by atoms with Gasteiger partial charge in [0.25, 0.3) is 0 Å². The van der Waals surface area contributed by atoms with Gasteiger partial charge < -0.3 is 15.4 Å². The smallest absolute Gasteiger partial charge is 0.315 e. The fourth-order valence-corrected chi connectivity index (χ4v) is 3.81. The van der Waals surface area contributed by atoms with Crippen molar-refractivity contribution in [1.29, 1.82) is 0 Å². The Kier molecular flexibility index (Phi) is 5.91. The lowest BCUT2D eigenvalue weighted by molar-refractivity contribution is 0.107. The summed E-state index contributed by atoms with van der Waals surface area (Å²) in [5, 5.41) is 8.06. The quantitative estimate of drug-likeness (QED) is 0.654. The fourth-order valence-electron chi connectivity index (χ4n) is 2.67. The number of carbonyl (C=O) groups excluding carboxylic acids is 1. The summed E-state index contributed by atoms with van der Waals surface area (Å²) < 4.78 is 6.14. The maximum absolute atomic E-state index is 12.1. The van der Waals surface area contributed by atoms with Crippen molar-refractivity contribution in [2.75, 3.05) is 13.7 Å². The molecule has 1 atom stereocenters. The Labute approximate surface area is 155 Å². The summed E-state index contributed by atoms with van der Waals surface area (Å²) in [6, 6.07) is 17.7. The number of amides is 2. The summed E-state index contributed by atoms with van der Waals surface area (Å²) in [6.07, 6.45) is -0.208. The van der Waals surface area contributed by atoms with Gasteiger partial charge in [-0.2, -0.15) is 0 Å². The predicted molar refractivity (Wildman–Crippen MR) is 103 cm³/mol. The number of halogens is 1. The summed E-state index contributed by atoms with van der Waals surface area (Å²) in [4.78, 5) is 13.1. The molecule has 1 aromatic heterocycles. The minimum Gasteiger partial charge on any atom is -0.374 e. The summed E-state index contributed by atoms with van der Waals surface area (Å²) in [5.74, 6) is 0. The number of benzene rings is 2. The molecule has 6 heteroatoms. The molecule has 1 heterocycles. The van der Waals surface area contributed by atoms with E-state index >= 15 is 0 Å². The van der Waals surface area contributed by atoms with Crippen LogP contribution in [0.1, 0.15) is 16.5 Å². The summed E-state index contributed by atoms with van der Waals surface area (Å²) in [5.41, 5.74) is 1.08. The molecule has 25 heavy (non-hydrogen) atoms. The van der Waals surface area contributed by atoms with Crippen molar-refractivity contribution < 1.29 is 9.53 Å². The third kappa shape index (κ3) is 4.51. The lowest BCUT2D eigenvalue weighted by Crippen LogP contribution is -2.37. The Morgan fingerprint density at radius 1 is 1.12 bits per heavy atom. The molecule has 0 spiro atoms. The first-order valence-electron chi connectivity index (χ1n) is 7.93. The van der Waals surface area contributed by atoms with Gasteiger partial charge in [-0.3, -0.25) is 0 Å². The second-order valence-corrected chi connectivity index (χ2v) is 7.31. The maximum Gasteiger partial charge on any atom is 0.315 e. The summed E-state index contributed by atoms with van der Waals surface area (Å²) in [7, 11) is 1.62. The molecule has 0 saturated carbocycles. The molecular weight excluding hydrogens is 356 g/mol. The standard InChI is InChI=1S/C19H19ClN2O2S/c1-24-16(17-9-10-18(20)25-17)12-22-19(23)21-11-14-7-4-6-13-5-2-3-8-15(13)14/h2-10,16H,11-12H2,1H3,(H2,21,22,23). The minimum atomic E-state index is -0.224. The van der Waals surface area contributed by atoms with Gasteiger partial charge >= 0.3 is 6.03 Å². The molecule has 2 aromatic carbocycles. The Balaban J connectivity index is 1.55. The zero-order valence-corrected chi connectivity index (χ0v) is 15.4. The minimum absolute atomic E-state index is 0.208. The zero-order chi connectivity index (χ0) is 17.6. The van der Waals surface area contributed by atoms with Crippen LogP contribution in [0.4, 0.5) is 4.79 Å². The Hall–Kier alpha value is -2.08. The second kappa shape index (κ2) is 8.34. The van der Waals surface area contributed by atoms with Gasteiger partial charge in [0, 0.05) is 18.5 Å². The SMILES string of the molecule is COC(CNC(=O)NCc1cccc2ccccc12)c1ccc(Cl)s1. The van der Waals surface area contributed by atoms with Crippen LogP contribution in [0.3, 0.4) is 0 Å². The third-order valence-electron chi connectivity index (χ3n) is 3.96. The van der Waals surface area contributed by atoms with Crippen LogP contribution in [0.2, 0.25) is 4.34 Å². The molecule has 0 saturated heterocycles. The van der Waals surface area contributed by atoms with Crippen molar-refractivity contribution in [1.82, 2.24) is 10.6 Å². The molecule has 130 valence electrons. The maximum atomic E-state index is 12.1. The molecule has 0 radical (unpaired) electrons. The molecule has 3 rings (SSSR count). The van der Waals surface area contributed by atoms with Gasteiger partial charge in [0.15, 0.2) is 0 Å². The van der Waals surface area contributed by atoms with Gasteiger partial charge in [-0.25, -0.2) is 4.79 Å².